The Hall–Kier alpha value is -0.560. The largest absolute Gasteiger partial charge is 0.349 e. The van der Waals surface area contributed by atoms with Crippen LogP contribution < -0.4 is 10.6 Å². The topological polar surface area (TPSA) is 49.3 Å². The van der Waals surface area contributed by atoms with E-state index < -0.39 is 0 Å². The molecule has 7 heteroatoms. The second-order valence-electron chi connectivity index (χ2n) is 4.50. The maximum absolute atomic E-state index is 11.9. The molecular weight excluding hydrogens is 332 g/mol. The summed E-state index contributed by atoms with van der Waals surface area (Å²) in [6.07, 6.45) is 1.88. The Morgan fingerprint density at radius 2 is 2.16 bits per heavy atom. The number of rotatable bonds is 4. The summed E-state index contributed by atoms with van der Waals surface area (Å²) >= 11 is 3.37. The maximum atomic E-state index is 11.9. The number of amides is 1. The number of piperazine rings is 1. The molecule has 0 spiro atoms. The van der Waals surface area contributed by atoms with Crippen molar-refractivity contribution in [2.45, 2.75) is 0 Å². The summed E-state index contributed by atoms with van der Waals surface area (Å²) in [7, 11) is 1.87. The second-order valence-corrected chi connectivity index (χ2v) is 5.42. The van der Waals surface area contributed by atoms with E-state index in [-0.39, 0.29) is 18.3 Å². The highest BCUT2D eigenvalue weighted by atomic mass is 79.9. The van der Waals surface area contributed by atoms with Crippen LogP contribution in [0.5, 0.6) is 0 Å². The minimum atomic E-state index is -0.0154. The minimum absolute atomic E-state index is 0. The molecule has 1 amide bonds. The molecule has 19 heavy (non-hydrogen) atoms. The molecule has 2 heterocycles. The maximum Gasteiger partial charge on any atom is 0.267 e. The van der Waals surface area contributed by atoms with Gasteiger partial charge in [0.1, 0.15) is 5.69 Å². The number of aryl methyl sites for hydroxylation is 1. The molecule has 1 fully saturated rings. The van der Waals surface area contributed by atoms with E-state index in [0.717, 1.165) is 37.2 Å². The van der Waals surface area contributed by atoms with Crippen molar-refractivity contribution in [3.05, 3.63) is 22.4 Å². The number of nitrogens with one attached hydrogen (secondary N) is 2. The van der Waals surface area contributed by atoms with E-state index in [4.69, 9.17) is 0 Å². The number of carbonyl (C=O) groups excluding carboxylic acids is 1. The Bertz CT molecular complexity index is 418. The van der Waals surface area contributed by atoms with Crippen molar-refractivity contribution in [2.24, 2.45) is 7.05 Å². The first kappa shape index (κ1) is 16.5. The average molecular weight is 352 g/mol. The van der Waals surface area contributed by atoms with Gasteiger partial charge in [0.25, 0.3) is 5.91 Å². The summed E-state index contributed by atoms with van der Waals surface area (Å²) in [5.41, 5.74) is 0.683. The molecule has 1 aliphatic heterocycles. The third-order valence-electron chi connectivity index (χ3n) is 3.13. The van der Waals surface area contributed by atoms with Gasteiger partial charge in [-0.2, -0.15) is 0 Å². The molecule has 1 aromatic heterocycles. The summed E-state index contributed by atoms with van der Waals surface area (Å²) < 4.78 is 2.75. The van der Waals surface area contributed by atoms with Crippen molar-refractivity contribution in [3.63, 3.8) is 0 Å². The van der Waals surface area contributed by atoms with Gasteiger partial charge in [-0.25, -0.2) is 0 Å². The summed E-state index contributed by atoms with van der Waals surface area (Å²) in [6, 6.07) is 1.83. The van der Waals surface area contributed by atoms with Gasteiger partial charge in [-0.05, 0) is 22.0 Å². The van der Waals surface area contributed by atoms with Crippen LogP contribution in [0.3, 0.4) is 0 Å². The lowest BCUT2D eigenvalue weighted by atomic mass is 10.3. The van der Waals surface area contributed by atoms with Crippen LogP contribution in [0.2, 0.25) is 0 Å². The summed E-state index contributed by atoms with van der Waals surface area (Å²) in [6.45, 7) is 5.81. The zero-order valence-corrected chi connectivity index (χ0v) is 13.4. The van der Waals surface area contributed by atoms with E-state index in [1.165, 1.54) is 0 Å². The van der Waals surface area contributed by atoms with Crippen LogP contribution in [0.25, 0.3) is 0 Å². The number of nitrogens with zero attached hydrogens (tertiary/aromatic N) is 2. The Morgan fingerprint density at radius 3 is 2.74 bits per heavy atom. The van der Waals surface area contributed by atoms with Gasteiger partial charge >= 0.3 is 0 Å². The van der Waals surface area contributed by atoms with E-state index in [1.807, 2.05) is 23.9 Å². The predicted octanol–water partition coefficient (Wildman–Crippen LogP) is 0.844. The number of carbonyl (C=O) groups is 1. The van der Waals surface area contributed by atoms with E-state index in [0.29, 0.717) is 12.2 Å². The molecule has 0 radical (unpaired) electrons. The van der Waals surface area contributed by atoms with Crippen molar-refractivity contribution < 1.29 is 4.79 Å². The molecule has 0 aromatic carbocycles. The number of hydrogen-bond donors (Lipinski definition) is 2. The summed E-state index contributed by atoms with van der Waals surface area (Å²) in [5, 5.41) is 6.27. The smallest absolute Gasteiger partial charge is 0.267 e. The Morgan fingerprint density at radius 1 is 1.47 bits per heavy atom. The molecule has 108 valence electrons. The standard InChI is InChI=1S/C12H19BrN4O.ClH/c1-16-9-10(13)8-11(16)12(18)15-4-7-17-5-2-14-3-6-17;/h8-9,14H,2-7H2,1H3,(H,15,18);1H. The predicted molar refractivity (Wildman–Crippen MR) is 82.0 cm³/mol. The number of aromatic nitrogens is 1. The van der Waals surface area contributed by atoms with Crippen molar-refractivity contribution >= 4 is 34.2 Å². The zero-order chi connectivity index (χ0) is 13.0. The van der Waals surface area contributed by atoms with Crippen LogP contribution in [0.1, 0.15) is 10.5 Å². The molecule has 2 rings (SSSR count). The van der Waals surface area contributed by atoms with Crippen molar-refractivity contribution in [2.75, 3.05) is 39.3 Å². The summed E-state index contributed by atoms with van der Waals surface area (Å²) in [4.78, 5) is 14.3. The molecule has 2 N–H and O–H groups in total. The molecular formula is C12H20BrClN4O. The van der Waals surface area contributed by atoms with Crippen LogP contribution in [0.4, 0.5) is 0 Å². The molecule has 1 aromatic rings. The number of halogens is 2. The highest BCUT2D eigenvalue weighted by Gasteiger charge is 2.12. The molecule has 0 bridgehead atoms. The molecule has 1 aliphatic rings. The number of hydrogen-bond acceptors (Lipinski definition) is 3. The van der Waals surface area contributed by atoms with Crippen molar-refractivity contribution in [3.8, 4) is 0 Å². The van der Waals surface area contributed by atoms with Gasteiger partial charge in [-0.1, -0.05) is 0 Å². The third-order valence-corrected chi connectivity index (χ3v) is 3.56. The molecule has 0 saturated carbocycles. The van der Waals surface area contributed by atoms with E-state index >= 15 is 0 Å². The fourth-order valence-corrected chi connectivity index (χ4v) is 2.63. The molecule has 0 atom stereocenters. The van der Waals surface area contributed by atoms with Crippen LogP contribution >= 0.6 is 28.3 Å². The molecule has 0 aliphatic carbocycles. The SMILES string of the molecule is Cl.Cn1cc(Br)cc1C(=O)NCCN1CCNCC1. The molecule has 1 saturated heterocycles. The second kappa shape index (κ2) is 7.89. The quantitative estimate of drug-likeness (QED) is 0.845. The van der Waals surface area contributed by atoms with Crippen molar-refractivity contribution in [1.82, 2.24) is 20.1 Å². The molecule has 0 unspecified atom stereocenters. The average Bonchev–Trinajstić information content (AvgIpc) is 2.70. The zero-order valence-electron chi connectivity index (χ0n) is 11.0. The highest BCUT2D eigenvalue weighted by Crippen LogP contribution is 2.13. The Kier molecular flexibility index (Phi) is 6.85. The van der Waals surface area contributed by atoms with Crippen molar-refractivity contribution in [1.29, 1.82) is 0 Å². The van der Waals surface area contributed by atoms with E-state index in [2.05, 4.69) is 31.5 Å². The monoisotopic (exact) mass is 350 g/mol. The molecule has 5 nitrogen and oxygen atoms in total. The van der Waals surface area contributed by atoms with Crippen LogP contribution in [0, 0.1) is 0 Å². The van der Waals surface area contributed by atoms with Crippen LogP contribution in [-0.4, -0.2) is 54.6 Å². The first-order valence-electron chi connectivity index (χ1n) is 6.20. The highest BCUT2D eigenvalue weighted by molar-refractivity contribution is 9.10. The van der Waals surface area contributed by atoms with Crippen LogP contribution in [-0.2, 0) is 7.05 Å². The lowest BCUT2D eigenvalue weighted by Gasteiger charge is -2.27. The Balaban J connectivity index is 0.00000180. The van der Waals surface area contributed by atoms with Gasteiger partial charge in [-0.15, -0.1) is 12.4 Å². The minimum Gasteiger partial charge on any atom is -0.349 e. The van der Waals surface area contributed by atoms with Crippen LogP contribution in [0.15, 0.2) is 16.7 Å². The van der Waals surface area contributed by atoms with Gasteiger partial charge < -0.3 is 15.2 Å². The summed E-state index contributed by atoms with van der Waals surface area (Å²) in [5.74, 6) is -0.0154. The Labute approximate surface area is 128 Å². The van der Waals surface area contributed by atoms with E-state index in [9.17, 15) is 4.79 Å². The van der Waals surface area contributed by atoms with Gasteiger partial charge in [-0.3, -0.25) is 9.69 Å². The third kappa shape index (κ3) is 4.80. The lowest BCUT2D eigenvalue weighted by molar-refractivity contribution is 0.0939. The van der Waals surface area contributed by atoms with Gasteiger partial charge in [0.15, 0.2) is 0 Å². The first-order valence-corrected chi connectivity index (χ1v) is 6.99. The van der Waals surface area contributed by atoms with Gasteiger partial charge in [0, 0.05) is 57.0 Å². The lowest BCUT2D eigenvalue weighted by Crippen LogP contribution is -2.46. The fourth-order valence-electron chi connectivity index (χ4n) is 2.10. The first-order chi connectivity index (χ1) is 8.66. The normalized spacial score (nSPS) is 15.9. The fraction of sp³-hybridized carbons (Fsp3) is 0.583. The van der Waals surface area contributed by atoms with Gasteiger partial charge in [0.05, 0.1) is 0 Å². The van der Waals surface area contributed by atoms with Gasteiger partial charge in [0.2, 0.25) is 0 Å². The van der Waals surface area contributed by atoms with E-state index in [1.54, 1.807) is 0 Å².